The molecule has 1 saturated heterocycles. The van der Waals surface area contributed by atoms with Gasteiger partial charge in [-0.2, -0.15) is 15.0 Å². The molecule has 0 bridgehead atoms. The molecular weight excluding hydrogens is 234 g/mol. The van der Waals surface area contributed by atoms with Gasteiger partial charge >= 0.3 is 6.01 Å². The molecule has 1 aliphatic heterocycles. The Bertz CT molecular complexity index is 440. The van der Waals surface area contributed by atoms with Crippen molar-refractivity contribution in [1.29, 1.82) is 0 Å². The van der Waals surface area contributed by atoms with E-state index in [1.807, 2.05) is 4.90 Å². The van der Waals surface area contributed by atoms with Crippen LogP contribution in [0.2, 0.25) is 0 Å². The Labute approximate surface area is 105 Å². The number of aromatic nitrogens is 3. The number of ether oxygens (including phenoxy) is 2. The van der Waals surface area contributed by atoms with Gasteiger partial charge in [0.05, 0.1) is 13.2 Å². The van der Waals surface area contributed by atoms with Crippen molar-refractivity contribution in [2.24, 2.45) is 0 Å². The normalized spacial score (nSPS) is 15.2. The SMILES string of the molecule is C#CCCOc1nc(N)nc(N2CCOCC2)n1. The zero-order valence-corrected chi connectivity index (χ0v) is 10.0. The predicted octanol–water partition coefficient (Wildman–Crippen LogP) is -0.307. The van der Waals surface area contributed by atoms with Crippen LogP contribution in [0.3, 0.4) is 0 Å². The summed E-state index contributed by atoms with van der Waals surface area (Å²) >= 11 is 0. The standard InChI is InChI=1S/C11H15N5O2/c1-2-3-6-18-11-14-9(12)13-10(15-11)16-4-7-17-8-5-16/h1H,3-8H2,(H2,12,13,14,15). The third-order valence-electron chi connectivity index (χ3n) is 2.39. The summed E-state index contributed by atoms with van der Waals surface area (Å²) in [6.45, 7) is 3.13. The van der Waals surface area contributed by atoms with Gasteiger partial charge in [0.25, 0.3) is 0 Å². The van der Waals surface area contributed by atoms with Crippen LogP contribution in [0.15, 0.2) is 0 Å². The first-order valence-electron chi connectivity index (χ1n) is 5.70. The summed E-state index contributed by atoms with van der Waals surface area (Å²) in [5.74, 6) is 3.13. The third kappa shape index (κ3) is 3.21. The van der Waals surface area contributed by atoms with Crippen molar-refractivity contribution in [2.75, 3.05) is 43.5 Å². The van der Waals surface area contributed by atoms with E-state index in [2.05, 4.69) is 20.9 Å². The second-order valence-electron chi connectivity index (χ2n) is 3.68. The monoisotopic (exact) mass is 249 g/mol. The molecule has 2 rings (SSSR count). The van der Waals surface area contributed by atoms with Crippen LogP contribution in [0.1, 0.15) is 6.42 Å². The Hall–Kier alpha value is -2.07. The van der Waals surface area contributed by atoms with Gasteiger partial charge in [-0.05, 0) is 0 Å². The molecule has 1 aliphatic rings. The molecule has 7 nitrogen and oxygen atoms in total. The lowest BCUT2D eigenvalue weighted by Gasteiger charge is -2.26. The Kier molecular flexibility index (Phi) is 4.15. The first-order valence-corrected chi connectivity index (χ1v) is 5.70. The van der Waals surface area contributed by atoms with Crippen molar-refractivity contribution in [2.45, 2.75) is 6.42 Å². The van der Waals surface area contributed by atoms with E-state index >= 15 is 0 Å². The van der Waals surface area contributed by atoms with Crippen LogP contribution in [0.25, 0.3) is 0 Å². The van der Waals surface area contributed by atoms with E-state index in [9.17, 15) is 0 Å². The van der Waals surface area contributed by atoms with Gasteiger partial charge in [0.2, 0.25) is 11.9 Å². The molecule has 0 amide bonds. The predicted molar refractivity (Wildman–Crippen MR) is 66.2 cm³/mol. The molecule has 0 aromatic carbocycles. The highest BCUT2D eigenvalue weighted by molar-refractivity contribution is 5.36. The lowest BCUT2D eigenvalue weighted by molar-refractivity contribution is 0.122. The molecule has 0 radical (unpaired) electrons. The fourth-order valence-electron chi connectivity index (χ4n) is 1.53. The summed E-state index contributed by atoms with van der Waals surface area (Å²) in [5, 5.41) is 0. The number of anilines is 2. The van der Waals surface area contributed by atoms with Gasteiger partial charge in [0, 0.05) is 19.5 Å². The zero-order chi connectivity index (χ0) is 12.8. The first-order chi connectivity index (χ1) is 8.79. The summed E-state index contributed by atoms with van der Waals surface area (Å²) in [5.41, 5.74) is 5.63. The number of morpholine rings is 1. The van der Waals surface area contributed by atoms with E-state index < -0.39 is 0 Å². The lowest BCUT2D eigenvalue weighted by Crippen LogP contribution is -2.37. The van der Waals surface area contributed by atoms with Crippen molar-refractivity contribution >= 4 is 11.9 Å². The van der Waals surface area contributed by atoms with Gasteiger partial charge in [0.15, 0.2) is 0 Å². The average molecular weight is 249 g/mol. The Morgan fingerprint density at radius 1 is 1.33 bits per heavy atom. The van der Waals surface area contributed by atoms with E-state index in [-0.39, 0.29) is 12.0 Å². The van der Waals surface area contributed by atoms with Gasteiger partial charge in [-0.25, -0.2) is 0 Å². The fraction of sp³-hybridized carbons (Fsp3) is 0.545. The summed E-state index contributed by atoms with van der Waals surface area (Å²) in [6.07, 6.45) is 5.64. The van der Waals surface area contributed by atoms with Crippen LogP contribution in [0, 0.1) is 12.3 Å². The molecule has 1 aromatic rings. The first kappa shape index (κ1) is 12.4. The van der Waals surface area contributed by atoms with Crippen molar-refractivity contribution in [1.82, 2.24) is 15.0 Å². The number of nitrogens with two attached hydrogens (primary N) is 1. The van der Waals surface area contributed by atoms with Crippen LogP contribution in [-0.4, -0.2) is 47.9 Å². The minimum atomic E-state index is 0.141. The molecule has 1 fully saturated rings. The summed E-state index contributed by atoms with van der Waals surface area (Å²) in [4.78, 5) is 14.2. The molecule has 7 heteroatoms. The van der Waals surface area contributed by atoms with Gasteiger partial charge < -0.3 is 20.1 Å². The second-order valence-corrected chi connectivity index (χ2v) is 3.68. The Morgan fingerprint density at radius 3 is 2.83 bits per heavy atom. The topological polar surface area (TPSA) is 86.4 Å². The molecule has 0 aliphatic carbocycles. The average Bonchev–Trinajstić information content (AvgIpc) is 2.39. The highest BCUT2D eigenvalue weighted by atomic mass is 16.5. The maximum atomic E-state index is 5.63. The van der Waals surface area contributed by atoms with Gasteiger partial charge in [-0.1, -0.05) is 0 Å². The summed E-state index contributed by atoms with van der Waals surface area (Å²) in [7, 11) is 0. The van der Waals surface area contributed by atoms with Gasteiger partial charge in [-0.15, -0.1) is 12.3 Å². The molecule has 18 heavy (non-hydrogen) atoms. The van der Waals surface area contributed by atoms with Gasteiger partial charge in [0.1, 0.15) is 6.61 Å². The second kappa shape index (κ2) is 6.02. The maximum Gasteiger partial charge on any atom is 0.323 e. The maximum absolute atomic E-state index is 5.63. The molecule has 0 saturated carbocycles. The van der Waals surface area contributed by atoms with Crippen LogP contribution in [0.4, 0.5) is 11.9 Å². The number of nitrogen functional groups attached to an aromatic ring is 1. The van der Waals surface area contributed by atoms with Crippen molar-refractivity contribution in [3.63, 3.8) is 0 Å². The van der Waals surface area contributed by atoms with Crippen LogP contribution >= 0.6 is 0 Å². The minimum absolute atomic E-state index is 0.141. The number of hydrogen-bond acceptors (Lipinski definition) is 7. The highest BCUT2D eigenvalue weighted by Crippen LogP contribution is 2.14. The molecule has 0 atom stereocenters. The van der Waals surface area contributed by atoms with E-state index in [0.717, 1.165) is 13.1 Å². The van der Waals surface area contributed by atoms with E-state index in [1.54, 1.807) is 0 Å². The van der Waals surface area contributed by atoms with Crippen molar-refractivity contribution < 1.29 is 9.47 Å². The van der Waals surface area contributed by atoms with Crippen molar-refractivity contribution in [3.8, 4) is 18.4 Å². The van der Waals surface area contributed by atoms with E-state index in [1.165, 1.54) is 0 Å². The molecule has 2 heterocycles. The van der Waals surface area contributed by atoms with Crippen LogP contribution in [0.5, 0.6) is 6.01 Å². The van der Waals surface area contributed by atoms with Crippen molar-refractivity contribution in [3.05, 3.63) is 0 Å². The van der Waals surface area contributed by atoms with E-state index in [0.29, 0.717) is 32.2 Å². The molecule has 0 spiro atoms. The molecule has 96 valence electrons. The highest BCUT2D eigenvalue weighted by Gasteiger charge is 2.16. The lowest BCUT2D eigenvalue weighted by atomic mass is 10.4. The molecule has 1 aromatic heterocycles. The summed E-state index contributed by atoms with van der Waals surface area (Å²) in [6, 6.07) is 0.208. The number of rotatable bonds is 4. The number of nitrogens with zero attached hydrogens (tertiary/aromatic N) is 4. The molecule has 2 N–H and O–H groups in total. The van der Waals surface area contributed by atoms with E-state index in [4.69, 9.17) is 21.6 Å². The smallest absolute Gasteiger partial charge is 0.323 e. The minimum Gasteiger partial charge on any atom is -0.462 e. The molecule has 0 unspecified atom stereocenters. The third-order valence-corrected chi connectivity index (χ3v) is 2.39. The fourth-order valence-corrected chi connectivity index (χ4v) is 1.53. The Morgan fingerprint density at radius 2 is 2.11 bits per heavy atom. The molecular formula is C11H15N5O2. The van der Waals surface area contributed by atoms with Gasteiger partial charge in [-0.3, -0.25) is 0 Å². The number of hydrogen-bond donors (Lipinski definition) is 1. The number of terminal acetylenes is 1. The largest absolute Gasteiger partial charge is 0.462 e. The summed E-state index contributed by atoms with van der Waals surface area (Å²) < 4.78 is 10.6. The Balaban J connectivity index is 2.07. The van der Waals surface area contributed by atoms with Crippen LogP contribution < -0.4 is 15.4 Å². The zero-order valence-electron chi connectivity index (χ0n) is 10.0. The quantitative estimate of drug-likeness (QED) is 0.578. The van der Waals surface area contributed by atoms with Crippen LogP contribution in [-0.2, 0) is 4.74 Å².